The third kappa shape index (κ3) is 0.875. The minimum absolute atomic E-state index is 0.394. The molecule has 0 N–H and O–H groups in total. The highest BCUT2D eigenvalue weighted by Gasteiger charge is 2.50. The van der Waals surface area contributed by atoms with Crippen LogP contribution in [0.25, 0.3) is 5.65 Å². The molecule has 15 heavy (non-hydrogen) atoms. The summed E-state index contributed by atoms with van der Waals surface area (Å²) in [5, 5.41) is 4.95. The second-order valence-electron chi connectivity index (χ2n) is 4.61. The molecule has 2 heterocycles. The molecule has 0 aliphatic heterocycles. The maximum Gasteiger partial charge on any atom is 0.156 e. The van der Waals surface area contributed by atoms with Crippen LogP contribution in [0, 0.1) is 0 Å². The zero-order chi connectivity index (χ0) is 10.0. The molecule has 1 fully saturated rings. The molecular formula is C11H10ClN3. The van der Waals surface area contributed by atoms with E-state index in [2.05, 4.69) is 5.10 Å². The molecule has 0 bridgehead atoms. The van der Waals surface area contributed by atoms with Gasteiger partial charge in [-0.2, -0.15) is 5.10 Å². The third-order valence-corrected chi connectivity index (χ3v) is 4.17. The van der Waals surface area contributed by atoms with Crippen molar-refractivity contribution in [2.24, 2.45) is 0 Å². The summed E-state index contributed by atoms with van der Waals surface area (Å²) in [5.74, 6) is 0. The van der Waals surface area contributed by atoms with E-state index >= 15 is 0 Å². The first-order chi connectivity index (χ1) is 7.30. The van der Waals surface area contributed by atoms with Gasteiger partial charge < -0.3 is 0 Å². The molecule has 1 spiro atoms. The van der Waals surface area contributed by atoms with E-state index in [9.17, 15) is 0 Å². The summed E-state index contributed by atoms with van der Waals surface area (Å²) in [5.41, 5.74) is 3.75. The van der Waals surface area contributed by atoms with Gasteiger partial charge in [0.2, 0.25) is 0 Å². The molecule has 3 nitrogen and oxygen atoms in total. The Kier molecular flexibility index (Phi) is 1.27. The monoisotopic (exact) mass is 219 g/mol. The fourth-order valence-electron chi connectivity index (χ4n) is 2.72. The van der Waals surface area contributed by atoms with Gasteiger partial charge in [0.15, 0.2) is 5.65 Å². The van der Waals surface area contributed by atoms with E-state index in [1.165, 1.54) is 30.5 Å². The van der Waals surface area contributed by atoms with Crippen molar-refractivity contribution in [1.29, 1.82) is 0 Å². The smallest absolute Gasteiger partial charge is 0.156 e. The highest BCUT2D eigenvalue weighted by Crippen LogP contribution is 2.56. The first-order valence-corrected chi connectivity index (χ1v) is 5.71. The van der Waals surface area contributed by atoms with E-state index in [0.717, 1.165) is 17.2 Å². The fourth-order valence-corrected chi connectivity index (χ4v) is 3.03. The van der Waals surface area contributed by atoms with Crippen LogP contribution in [0.3, 0.4) is 0 Å². The van der Waals surface area contributed by atoms with Crippen molar-refractivity contribution in [3.63, 3.8) is 0 Å². The Labute approximate surface area is 92.1 Å². The van der Waals surface area contributed by atoms with E-state index < -0.39 is 0 Å². The lowest BCUT2D eigenvalue weighted by Crippen LogP contribution is -2.06. The fraction of sp³-hybridized carbons (Fsp3) is 0.455. The summed E-state index contributed by atoms with van der Waals surface area (Å²) in [7, 11) is 0. The van der Waals surface area contributed by atoms with Crippen molar-refractivity contribution < 1.29 is 0 Å². The van der Waals surface area contributed by atoms with Crippen LogP contribution in [-0.4, -0.2) is 14.6 Å². The number of halogens is 1. The minimum atomic E-state index is 0.394. The standard InChI is InChI=1S/C11H10ClN3/c12-10-7-1-3-11(4-5-11)9(7)14-8-2-6-13-15(8)10/h2,6H,1,3-5H2. The van der Waals surface area contributed by atoms with Crippen LogP contribution in [0.15, 0.2) is 12.3 Å². The van der Waals surface area contributed by atoms with Crippen molar-refractivity contribution in [1.82, 2.24) is 14.6 Å². The molecule has 2 aliphatic carbocycles. The maximum absolute atomic E-state index is 6.34. The molecule has 4 rings (SSSR count). The van der Waals surface area contributed by atoms with Crippen LogP contribution in [0.4, 0.5) is 0 Å². The minimum Gasteiger partial charge on any atom is -0.233 e. The second kappa shape index (κ2) is 2.35. The Morgan fingerprint density at radius 3 is 3.00 bits per heavy atom. The van der Waals surface area contributed by atoms with Gasteiger partial charge in [-0.05, 0) is 25.7 Å². The highest BCUT2D eigenvalue weighted by atomic mass is 35.5. The van der Waals surface area contributed by atoms with Gasteiger partial charge in [-0.25, -0.2) is 9.50 Å². The second-order valence-corrected chi connectivity index (χ2v) is 4.97. The number of nitrogens with zero attached hydrogens (tertiary/aromatic N) is 3. The summed E-state index contributed by atoms with van der Waals surface area (Å²) in [6.07, 6.45) is 6.61. The molecule has 2 aromatic heterocycles. The summed E-state index contributed by atoms with van der Waals surface area (Å²) in [4.78, 5) is 4.71. The summed E-state index contributed by atoms with van der Waals surface area (Å²) < 4.78 is 1.74. The van der Waals surface area contributed by atoms with Crippen LogP contribution in [0.2, 0.25) is 5.15 Å². The summed E-state index contributed by atoms with van der Waals surface area (Å²) in [6, 6.07) is 1.92. The van der Waals surface area contributed by atoms with Gasteiger partial charge in [-0.3, -0.25) is 0 Å². The van der Waals surface area contributed by atoms with Crippen LogP contribution in [0.1, 0.15) is 30.5 Å². The van der Waals surface area contributed by atoms with E-state index in [1.807, 2.05) is 6.07 Å². The average molecular weight is 220 g/mol. The summed E-state index contributed by atoms with van der Waals surface area (Å²) >= 11 is 6.34. The Morgan fingerprint density at radius 1 is 1.33 bits per heavy atom. The first kappa shape index (κ1) is 8.11. The van der Waals surface area contributed by atoms with Crippen molar-refractivity contribution in [3.8, 4) is 0 Å². The Hall–Kier alpha value is -1.09. The molecule has 0 unspecified atom stereocenters. The largest absolute Gasteiger partial charge is 0.233 e. The molecule has 0 aromatic carbocycles. The van der Waals surface area contributed by atoms with Crippen molar-refractivity contribution in [2.45, 2.75) is 31.1 Å². The Morgan fingerprint density at radius 2 is 2.20 bits per heavy atom. The molecule has 0 radical (unpaired) electrons. The van der Waals surface area contributed by atoms with Gasteiger partial charge in [0.1, 0.15) is 5.15 Å². The number of rotatable bonds is 0. The molecule has 0 atom stereocenters. The zero-order valence-corrected chi connectivity index (χ0v) is 8.96. The van der Waals surface area contributed by atoms with Gasteiger partial charge in [-0.15, -0.1) is 0 Å². The molecule has 0 saturated heterocycles. The Bertz CT molecular complexity index is 568. The average Bonchev–Trinajstić information content (AvgIpc) is 2.72. The van der Waals surface area contributed by atoms with Gasteiger partial charge >= 0.3 is 0 Å². The predicted octanol–water partition coefficient (Wildman–Crippen LogP) is 2.36. The number of hydrogen-bond donors (Lipinski definition) is 0. The predicted molar refractivity (Wildman–Crippen MR) is 57.2 cm³/mol. The molecule has 76 valence electrons. The number of hydrogen-bond acceptors (Lipinski definition) is 2. The number of aromatic nitrogens is 3. The van der Waals surface area contributed by atoms with Crippen molar-refractivity contribution in [3.05, 3.63) is 28.7 Å². The SMILES string of the molecule is Clc1c2c(nc3ccnn13)C1(CC2)CC1. The molecular weight excluding hydrogens is 210 g/mol. The van der Waals surface area contributed by atoms with Gasteiger partial charge in [0, 0.05) is 17.0 Å². The lowest BCUT2D eigenvalue weighted by molar-refractivity contribution is 0.665. The number of fused-ring (bicyclic) bond motifs is 3. The van der Waals surface area contributed by atoms with E-state index in [-0.39, 0.29) is 0 Å². The highest BCUT2D eigenvalue weighted by molar-refractivity contribution is 6.30. The topological polar surface area (TPSA) is 30.2 Å². The van der Waals surface area contributed by atoms with Crippen LogP contribution < -0.4 is 0 Å². The first-order valence-electron chi connectivity index (χ1n) is 5.33. The van der Waals surface area contributed by atoms with Gasteiger partial charge in [-0.1, -0.05) is 11.6 Å². The molecule has 2 aliphatic rings. The zero-order valence-electron chi connectivity index (χ0n) is 8.20. The molecule has 4 heteroatoms. The molecule has 0 amide bonds. The quantitative estimate of drug-likeness (QED) is 0.637. The molecule has 1 saturated carbocycles. The van der Waals surface area contributed by atoms with Crippen LogP contribution in [0.5, 0.6) is 0 Å². The van der Waals surface area contributed by atoms with Crippen molar-refractivity contribution in [2.75, 3.05) is 0 Å². The lowest BCUT2D eigenvalue weighted by atomic mass is 10.1. The van der Waals surface area contributed by atoms with Crippen molar-refractivity contribution >= 4 is 17.2 Å². The normalized spacial score (nSPS) is 21.1. The van der Waals surface area contributed by atoms with E-state index in [4.69, 9.17) is 16.6 Å². The lowest BCUT2D eigenvalue weighted by Gasteiger charge is -2.08. The van der Waals surface area contributed by atoms with E-state index in [1.54, 1.807) is 10.7 Å². The maximum atomic E-state index is 6.34. The molecule has 2 aromatic rings. The van der Waals surface area contributed by atoms with Crippen LogP contribution in [-0.2, 0) is 11.8 Å². The summed E-state index contributed by atoms with van der Waals surface area (Å²) in [6.45, 7) is 0. The van der Waals surface area contributed by atoms with Gasteiger partial charge in [0.05, 0.1) is 11.9 Å². The van der Waals surface area contributed by atoms with Gasteiger partial charge in [0.25, 0.3) is 0 Å². The van der Waals surface area contributed by atoms with E-state index in [0.29, 0.717) is 5.41 Å². The third-order valence-electron chi connectivity index (χ3n) is 3.78. The van der Waals surface area contributed by atoms with Crippen LogP contribution >= 0.6 is 11.6 Å². The Balaban J connectivity index is 2.13.